The number of Topliss-reactive ketones (excluding diaryl/α,β-unsaturated/α-hetero) is 1. The van der Waals surface area contributed by atoms with Crippen molar-refractivity contribution in [3.8, 4) is 11.5 Å². The fourth-order valence-corrected chi connectivity index (χ4v) is 3.54. The van der Waals surface area contributed by atoms with Gasteiger partial charge >= 0.3 is 0 Å². The number of rotatable bonds is 8. The Morgan fingerprint density at radius 3 is 2.56 bits per heavy atom. The van der Waals surface area contributed by atoms with Gasteiger partial charge in [-0.3, -0.25) is 4.79 Å². The van der Waals surface area contributed by atoms with Gasteiger partial charge in [0.25, 0.3) is 0 Å². The number of thioether (sulfide) groups is 1. The Kier molecular flexibility index (Phi) is 6.53. The molecular weight excluding hydrogens is 336 g/mol. The summed E-state index contributed by atoms with van der Waals surface area (Å²) in [6.07, 6.45) is 0. The molecule has 0 aliphatic carbocycles. The quantitative estimate of drug-likeness (QED) is 0.522. The number of carbonyl (C=O) groups is 1. The number of ether oxygens (including phenoxy) is 2. The standard InChI is InChI=1S/C19H26N2O3S/c1-12(2)10-21-14(4)13(3)20-19(21)25-11-17(22)16-9-15(23-5)7-8-18(16)24-6/h7-9,12H,10-11H2,1-6H3. The SMILES string of the molecule is COc1ccc(OC)c(C(=O)CSc2nc(C)c(C)n2CC(C)C)c1. The summed E-state index contributed by atoms with van der Waals surface area (Å²) in [6, 6.07) is 5.26. The van der Waals surface area contributed by atoms with E-state index < -0.39 is 0 Å². The fourth-order valence-electron chi connectivity index (χ4n) is 2.55. The molecule has 25 heavy (non-hydrogen) atoms. The maximum absolute atomic E-state index is 12.7. The third-order valence-electron chi connectivity index (χ3n) is 4.01. The minimum atomic E-state index is -0.00449. The van der Waals surface area contributed by atoms with Crippen LogP contribution in [0.3, 0.4) is 0 Å². The van der Waals surface area contributed by atoms with Gasteiger partial charge in [0.1, 0.15) is 11.5 Å². The number of ketones is 1. The van der Waals surface area contributed by atoms with Crippen molar-refractivity contribution in [1.29, 1.82) is 0 Å². The first-order valence-electron chi connectivity index (χ1n) is 8.29. The lowest BCUT2D eigenvalue weighted by atomic mass is 10.1. The first kappa shape index (κ1) is 19.4. The van der Waals surface area contributed by atoms with Crippen LogP contribution in [0.15, 0.2) is 23.4 Å². The first-order valence-corrected chi connectivity index (χ1v) is 9.27. The van der Waals surface area contributed by atoms with Gasteiger partial charge in [-0.15, -0.1) is 0 Å². The van der Waals surface area contributed by atoms with Gasteiger partial charge in [-0.1, -0.05) is 25.6 Å². The Hall–Kier alpha value is -1.95. The van der Waals surface area contributed by atoms with Gasteiger partial charge in [-0.25, -0.2) is 4.98 Å². The molecule has 6 heteroatoms. The van der Waals surface area contributed by atoms with Crippen molar-refractivity contribution in [3.05, 3.63) is 35.2 Å². The molecular formula is C19H26N2O3S. The summed E-state index contributed by atoms with van der Waals surface area (Å²) in [4.78, 5) is 17.3. The van der Waals surface area contributed by atoms with E-state index in [9.17, 15) is 4.79 Å². The lowest BCUT2D eigenvalue weighted by molar-refractivity contribution is 0.101. The van der Waals surface area contributed by atoms with Gasteiger partial charge < -0.3 is 14.0 Å². The maximum atomic E-state index is 12.7. The summed E-state index contributed by atoms with van der Waals surface area (Å²) in [5.41, 5.74) is 2.70. The zero-order chi connectivity index (χ0) is 18.6. The number of methoxy groups -OCH3 is 2. The fraction of sp³-hybridized carbons (Fsp3) is 0.474. The predicted octanol–water partition coefficient (Wildman–Crippen LogP) is 4.15. The van der Waals surface area contributed by atoms with Crippen molar-refractivity contribution in [2.75, 3.05) is 20.0 Å². The average molecular weight is 362 g/mol. The molecule has 0 atom stereocenters. The average Bonchev–Trinajstić information content (AvgIpc) is 2.86. The smallest absolute Gasteiger partial charge is 0.177 e. The summed E-state index contributed by atoms with van der Waals surface area (Å²) in [6.45, 7) is 9.32. The zero-order valence-corrected chi connectivity index (χ0v) is 16.6. The summed E-state index contributed by atoms with van der Waals surface area (Å²) in [5, 5.41) is 0.888. The van der Waals surface area contributed by atoms with Crippen LogP contribution in [0.1, 0.15) is 35.6 Å². The highest BCUT2D eigenvalue weighted by molar-refractivity contribution is 7.99. The van der Waals surface area contributed by atoms with Crippen LogP contribution in [0.25, 0.3) is 0 Å². The van der Waals surface area contributed by atoms with Crippen molar-refractivity contribution in [2.24, 2.45) is 5.92 Å². The van der Waals surface area contributed by atoms with E-state index in [4.69, 9.17) is 9.47 Å². The van der Waals surface area contributed by atoms with Crippen LogP contribution in [0.5, 0.6) is 11.5 Å². The highest BCUT2D eigenvalue weighted by Crippen LogP contribution is 2.28. The van der Waals surface area contributed by atoms with Crippen molar-refractivity contribution in [1.82, 2.24) is 9.55 Å². The predicted molar refractivity (Wildman–Crippen MR) is 101 cm³/mol. The Balaban J connectivity index is 2.19. The van der Waals surface area contributed by atoms with Crippen molar-refractivity contribution in [3.63, 3.8) is 0 Å². The molecule has 2 aromatic rings. The molecule has 0 aliphatic heterocycles. The molecule has 0 saturated carbocycles. The summed E-state index contributed by atoms with van der Waals surface area (Å²) < 4.78 is 12.7. The molecule has 5 nitrogen and oxygen atoms in total. The molecule has 0 radical (unpaired) electrons. The molecule has 1 heterocycles. The molecule has 0 unspecified atom stereocenters. The second kappa shape index (κ2) is 8.43. The van der Waals surface area contributed by atoms with E-state index in [1.807, 2.05) is 6.92 Å². The lowest BCUT2D eigenvalue weighted by Gasteiger charge is -2.13. The van der Waals surface area contributed by atoms with E-state index in [1.54, 1.807) is 32.4 Å². The number of aromatic nitrogens is 2. The number of hydrogen-bond acceptors (Lipinski definition) is 5. The van der Waals surface area contributed by atoms with Gasteiger partial charge in [0.15, 0.2) is 10.9 Å². The van der Waals surface area contributed by atoms with Gasteiger partial charge in [0, 0.05) is 12.2 Å². The van der Waals surface area contributed by atoms with Crippen LogP contribution < -0.4 is 9.47 Å². The maximum Gasteiger partial charge on any atom is 0.177 e. The summed E-state index contributed by atoms with van der Waals surface area (Å²) in [5.74, 6) is 2.01. The molecule has 0 fully saturated rings. The number of carbonyl (C=O) groups excluding carboxylic acids is 1. The van der Waals surface area contributed by atoms with Crippen LogP contribution in [-0.2, 0) is 6.54 Å². The molecule has 0 aliphatic rings. The molecule has 2 rings (SSSR count). The van der Waals surface area contributed by atoms with Crippen LogP contribution in [0.2, 0.25) is 0 Å². The third kappa shape index (κ3) is 4.57. The Morgan fingerprint density at radius 1 is 1.24 bits per heavy atom. The number of aryl methyl sites for hydroxylation is 1. The van der Waals surface area contributed by atoms with Crippen molar-refractivity contribution >= 4 is 17.5 Å². The zero-order valence-electron chi connectivity index (χ0n) is 15.8. The van der Waals surface area contributed by atoms with Crippen LogP contribution in [-0.4, -0.2) is 35.3 Å². The van der Waals surface area contributed by atoms with Crippen molar-refractivity contribution in [2.45, 2.75) is 39.4 Å². The first-order chi connectivity index (χ1) is 11.9. The van der Waals surface area contributed by atoms with E-state index in [2.05, 4.69) is 30.3 Å². The Morgan fingerprint density at radius 2 is 1.96 bits per heavy atom. The molecule has 0 saturated heterocycles. The van der Waals surface area contributed by atoms with Gasteiger partial charge in [-0.2, -0.15) is 0 Å². The summed E-state index contributed by atoms with van der Waals surface area (Å²) >= 11 is 1.47. The lowest BCUT2D eigenvalue weighted by Crippen LogP contribution is -2.10. The molecule has 0 spiro atoms. The Bertz CT molecular complexity index is 753. The molecule has 0 amide bonds. The minimum absolute atomic E-state index is 0.00449. The minimum Gasteiger partial charge on any atom is -0.497 e. The van der Waals surface area contributed by atoms with Crippen LogP contribution in [0.4, 0.5) is 0 Å². The van der Waals surface area contributed by atoms with Gasteiger partial charge in [-0.05, 0) is 38.0 Å². The highest BCUT2D eigenvalue weighted by Gasteiger charge is 2.17. The van der Waals surface area contributed by atoms with E-state index >= 15 is 0 Å². The number of hydrogen-bond donors (Lipinski definition) is 0. The number of nitrogens with zero attached hydrogens (tertiary/aromatic N) is 2. The molecule has 136 valence electrons. The second-order valence-electron chi connectivity index (χ2n) is 6.35. The van der Waals surface area contributed by atoms with E-state index in [0.29, 0.717) is 28.7 Å². The monoisotopic (exact) mass is 362 g/mol. The van der Waals surface area contributed by atoms with E-state index in [-0.39, 0.29) is 5.78 Å². The van der Waals surface area contributed by atoms with E-state index in [1.165, 1.54) is 11.8 Å². The second-order valence-corrected chi connectivity index (χ2v) is 7.29. The highest BCUT2D eigenvalue weighted by atomic mass is 32.2. The van der Waals surface area contributed by atoms with Gasteiger partial charge in [0.2, 0.25) is 0 Å². The van der Waals surface area contributed by atoms with Gasteiger partial charge in [0.05, 0.1) is 31.2 Å². The largest absolute Gasteiger partial charge is 0.497 e. The van der Waals surface area contributed by atoms with Crippen LogP contribution in [0, 0.1) is 19.8 Å². The third-order valence-corrected chi connectivity index (χ3v) is 4.99. The topological polar surface area (TPSA) is 53.4 Å². The Labute approximate surface area is 153 Å². The molecule has 1 aromatic carbocycles. The van der Waals surface area contributed by atoms with E-state index in [0.717, 1.165) is 23.1 Å². The van der Waals surface area contributed by atoms with Crippen LogP contribution >= 0.6 is 11.8 Å². The molecule has 1 aromatic heterocycles. The number of benzene rings is 1. The molecule has 0 N–H and O–H groups in total. The molecule has 0 bridgehead atoms. The number of imidazole rings is 1. The van der Waals surface area contributed by atoms with Crippen molar-refractivity contribution < 1.29 is 14.3 Å². The normalized spacial score (nSPS) is 11.0. The summed E-state index contributed by atoms with van der Waals surface area (Å²) in [7, 11) is 3.15.